The van der Waals surface area contributed by atoms with Crippen molar-refractivity contribution in [2.24, 2.45) is 0 Å². The molecule has 0 N–H and O–H groups in total. The number of carbonyl (C=O) groups excluding carboxylic acids is 1. The Morgan fingerprint density at radius 2 is 2.00 bits per heavy atom. The Bertz CT molecular complexity index is 217. The minimum Gasteiger partial charge on any atom is -0.340 e. The van der Waals surface area contributed by atoms with Gasteiger partial charge in [0.1, 0.15) is 0 Å². The molecule has 3 heteroatoms. The van der Waals surface area contributed by atoms with Gasteiger partial charge < -0.3 is 4.90 Å². The van der Waals surface area contributed by atoms with Crippen LogP contribution in [-0.4, -0.2) is 47.9 Å². The summed E-state index contributed by atoms with van der Waals surface area (Å²) < 4.78 is 0. The molecule has 1 unspecified atom stereocenters. The van der Waals surface area contributed by atoms with Crippen molar-refractivity contribution >= 4 is 5.91 Å². The lowest BCUT2D eigenvalue weighted by atomic mass is 10.1. The van der Waals surface area contributed by atoms with Gasteiger partial charge in [0.15, 0.2) is 0 Å². The molecule has 0 spiro atoms. The molecule has 14 heavy (non-hydrogen) atoms. The normalized spacial score (nSPS) is 29.5. The molecule has 2 aliphatic heterocycles. The molecule has 1 atom stereocenters. The second kappa shape index (κ2) is 4.30. The summed E-state index contributed by atoms with van der Waals surface area (Å²) in [5.41, 5.74) is 0. The molecule has 0 bridgehead atoms. The van der Waals surface area contributed by atoms with E-state index in [1.807, 2.05) is 4.90 Å². The van der Waals surface area contributed by atoms with E-state index in [1.54, 1.807) is 6.92 Å². The summed E-state index contributed by atoms with van der Waals surface area (Å²) in [6.45, 7) is 5.92. The van der Waals surface area contributed by atoms with Crippen LogP contribution < -0.4 is 0 Å². The second-order valence-corrected chi connectivity index (χ2v) is 4.50. The van der Waals surface area contributed by atoms with Crippen LogP contribution in [0.2, 0.25) is 0 Å². The molecule has 2 fully saturated rings. The third-order valence-corrected chi connectivity index (χ3v) is 3.53. The van der Waals surface area contributed by atoms with Gasteiger partial charge in [-0.1, -0.05) is 12.8 Å². The van der Waals surface area contributed by atoms with Crippen molar-refractivity contribution in [2.45, 2.75) is 38.6 Å². The number of amides is 1. The number of hydrogen-bond acceptors (Lipinski definition) is 2. The maximum absolute atomic E-state index is 11.3. The highest BCUT2D eigenvalue weighted by atomic mass is 16.2. The average Bonchev–Trinajstić information content (AvgIpc) is 2.41. The van der Waals surface area contributed by atoms with E-state index in [1.165, 1.54) is 32.2 Å². The first-order chi connectivity index (χ1) is 6.77. The first-order valence-corrected chi connectivity index (χ1v) is 5.77. The van der Waals surface area contributed by atoms with Gasteiger partial charge in [0.05, 0.1) is 0 Å². The minimum absolute atomic E-state index is 0.244. The van der Waals surface area contributed by atoms with Gasteiger partial charge in [0.25, 0.3) is 0 Å². The van der Waals surface area contributed by atoms with Crippen molar-refractivity contribution in [3.8, 4) is 0 Å². The van der Waals surface area contributed by atoms with Gasteiger partial charge in [-0.3, -0.25) is 9.69 Å². The molecule has 0 aromatic carbocycles. The van der Waals surface area contributed by atoms with E-state index in [0.29, 0.717) is 6.04 Å². The zero-order valence-electron chi connectivity index (χ0n) is 9.04. The summed E-state index contributed by atoms with van der Waals surface area (Å²) in [7, 11) is 0. The average molecular weight is 196 g/mol. The van der Waals surface area contributed by atoms with E-state index in [9.17, 15) is 4.79 Å². The van der Waals surface area contributed by atoms with Crippen LogP contribution in [0.1, 0.15) is 32.6 Å². The number of nitrogens with zero attached hydrogens (tertiary/aromatic N) is 2. The van der Waals surface area contributed by atoms with Crippen molar-refractivity contribution in [2.75, 3.05) is 26.2 Å². The fraction of sp³-hybridized carbons (Fsp3) is 0.909. The highest BCUT2D eigenvalue weighted by Gasteiger charge is 2.28. The lowest BCUT2D eigenvalue weighted by molar-refractivity contribution is -0.131. The zero-order chi connectivity index (χ0) is 9.97. The van der Waals surface area contributed by atoms with Crippen molar-refractivity contribution < 1.29 is 4.79 Å². The molecule has 1 amide bonds. The van der Waals surface area contributed by atoms with Crippen LogP contribution in [0.15, 0.2) is 0 Å². The van der Waals surface area contributed by atoms with E-state index in [2.05, 4.69) is 4.90 Å². The first kappa shape index (κ1) is 9.97. The van der Waals surface area contributed by atoms with Crippen LogP contribution in [0.4, 0.5) is 0 Å². The highest BCUT2D eigenvalue weighted by Crippen LogP contribution is 2.20. The first-order valence-electron chi connectivity index (χ1n) is 5.77. The SMILES string of the molecule is CC(=O)N1CCN2CCCCCC2C1. The highest BCUT2D eigenvalue weighted by molar-refractivity contribution is 5.73. The number of rotatable bonds is 0. The topological polar surface area (TPSA) is 23.6 Å². The summed E-state index contributed by atoms with van der Waals surface area (Å²) in [5.74, 6) is 0.244. The van der Waals surface area contributed by atoms with Gasteiger partial charge in [0, 0.05) is 32.6 Å². The van der Waals surface area contributed by atoms with E-state index in [4.69, 9.17) is 0 Å². The van der Waals surface area contributed by atoms with E-state index >= 15 is 0 Å². The smallest absolute Gasteiger partial charge is 0.219 e. The van der Waals surface area contributed by atoms with Crippen LogP contribution in [0.25, 0.3) is 0 Å². The van der Waals surface area contributed by atoms with Gasteiger partial charge in [0.2, 0.25) is 5.91 Å². The number of piperazine rings is 1. The molecule has 2 aliphatic rings. The summed E-state index contributed by atoms with van der Waals surface area (Å²) in [4.78, 5) is 15.8. The molecular formula is C11H20N2O. The summed E-state index contributed by atoms with van der Waals surface area (Å²) in [6, 6.07) is 0.648. The van der Waals surface area contributed by atoms with Gasteiger partial charge in [-0.15, -0.1) is 0 Å². The molecule has 3 nitrogen and oxygen atoms in total. The quantitative estimate of drug-likeness (QED) is 0.579. The monoisotopic (exact) mass is 196 g/mol. The maximum Gasteiger partial charge on any atom is 0.219 e. The number of fused-ring (bicyclic) bond motifs is 1. The Kier molecular flexibility index (Phi) is 3.06. The molecule has 2 rings (SSSR count). The van der Waals surface area contributed by atoms with Gasteiger partial charge in [-0.05, 0) is 19.4 Å². The molecule has 0 aromatic heterocycles. The van der Waals surface area contributed by atoms with Crippen LogP contribution in [0.3, 0.4) is 0 Å². The molecule has 2 saturated heterocycles. The Labute approximate surface area is 86.1 Å². The lowest BCUT2D eigenvalue weighted by Crippen LogP contribution is -2.53. The summed E-state index contributed by atoms with van der Waals surface area (Å²) in [5, 5.41) is 0. The molecule has 2 heterocycles. The van der Waals surface area contributed by atoms with E-state index in [-0.39, 0.29) is 5.91 Å². The Balaban J connectivity index is 1.96. The van der Waals surface area contributed by atoms with Crippen LogP contribution in [0.5, 0.6) is 0 Å². The van der Waals surface area contributed by atoms with Crippen LogP contribution >= 0.6 is 0 Å². The second-order valence-electron chi connectivity index (χ2n) is 4.50. The van der Waals surface area contributed by atoms with E-state index < -0.39 is 0 Å². The summed E-state index contributed by atoms with van der Waals surface area (Å²) in [6.07, 6.45) is 5.33. The standard InChI is InChI=1S/C11H20N2O/c1-10(14)13-8-7-12-6-4-2-3-5-11(12)9-13/h11H,2-9H2,1H3. The predicted octanol–water partition coefficient (Wildman–Crippen LogP) is 1.09. The molecule has 0 aromatic rings. The van der Waals surface area contributed by atoms with Crippen LogP contribution in [0, 0.1) is 0 Å². The van der Waals surface area contributed by atoms with Gasteiger partial charge in [-0.25, -0.2) is 0 Å². The van der Waals surface area contributed by atoms with E-state index in [0.717, 1.165) is 19.6 Å². The molecule has 0 saturated carbocycles. The van der Waals surface area contributed by atoms with Gasteiger partial charge in [-0.2, -0.15) is 0 Å². The van der Waals surface area contributed by atoms with Crippen molar-refractivity contribution in [3.05, 3.63) is 0 Å². The number of hydrogen-bond donors (Lipinski definition) is 0. The van der Waals surface area contributed by atoms with Crippen LogP contribution in [-0.2, 0) is 4.79 Å². The minimum atomic E-state index is 0.244. The Morgan fingerprint density at radius 1 is 1.14 bits per heavy atom. The Morgan fingerprint density at radius 3 is 2.79 bits per heavy atom. The fourth-order valence-corrected chi connectivity index (χ4v) is 2.62. The largest absolute Gasteiger partial charge is 0.340 e. The lowest BCUT2D eigenvalue weighted by Gasteiger charge is -2.40. The third kappa shape index (κ3) is 2.08. The molecular weight excluding hydrogens is 176 g/mol. The molecule has 80 valence electrons. The van der Waals surface area contributed by atoms with Crippen molar-refractivity contribution in [1.82, 2.24) is 9.80 Å². The number of carbonyl (C=O) groups is 1. The van der Waals surface area contributed by atoms with Crippen molar-refractivity contribution in [3.63, 3.8) is 0 Å². The maximum atomic E-state index is 11.3. The van der Waals surface area contributed by atoms with Crippen molar-refractivity contribution in [1.29, 1.82) is 0 Å². The Hall–Kier alpha value is -0.570. The molecule has 0 radical (unpaired) electrons. The predicted molar refractivity (Wildman–Crippen MR) is 56.1 cm³/mol. The zero-order valence-corrected chi connectivity index (χ0v) is 9.04. The van der Waals surface area contributed by atoms with Gasteiger partial charge >= 0.3 is 0 Å². The summed E-state index contributed by atoms with van der Waals surface area (Å²) >= 11 is 0. The fourth-order valence-electron chi connectivity index (χ4n) is 2.62. The molecule has 0 aliphatic carbocycles. The third-order valence-electron chi connectivity index (χ3n) is 3.53.